The first kappa shape index (κ1) is 18.1. The van der Waals surface area contributed by atoms with Gasteiger partial charge in [0.25, 0.3) is 5.56 Å². The van der Waals surface area contributed by atoms with Crippen molar-refractivity contribution in [2.45, 2.75) is 38.8 Å². The van der Waals surface area contributed by atoms with E-state index in [9.17, 15) is 14.0 Å². The van der Waals surface area contributed by atoms with Gasteiger partial charge in [-0.25, -0.2) is 9.18 Å². The second-order valence-electron chi connectivity index (χ2n) is 6.80. The molecule has 0 aliphatic heterocycles. The van der Waals surface area contributed by atoms with Crippen LogP contribution in [-0.4, -0.2) is 22.9 Å². The Morgan fingerprint density at radius 1 is 1.15 bits per heavy atom. The molecule has 1 aromatic carbocycles. The third kappa shape index (κ3) is 3.15. The molecule has 4 rings (SSSR count). The Balaban J connectivity index is 1.98. The van der Waals surface area contributed by atoms with Gasteiger partial charge in [0.15, 0.2) is 0 Å². The van der Waals surface area contributed by atoms with Crippen LogP contribution in [0, 0.1) is 5.82 Å². The average Bonchev–Trinajstić information content (AvgIpc) is 3.06. The fourth-order valence-electron chi connectivity index (χ4n) is 3.73. The fraction of sp³-hybridized carbons (Fsp3) is 0.400. The number of hydrogen-bond acceptors (Lipinski definition) is 4. The van der Waals surface area contributed by atoms with Crippen LogP contribution < -0.4 is 11.2 Å². The lowest BCUT2D eigenvalue weighted by Crippen LogP contribution is -2.41. The van der Waals surface area contributed by atoms with Gasteiger partial charge in [-0.2, -0.15) is 0 Å². The number of aryl methyl sites for hydroxylation is 2. The summed E-state index contributed by atoms with van der Waals surface area (Å²) in [4.78, 5) is 28.0. The van der Waals surface area contributed by atoms with Gasteiger partial charge in [-0.05, 0) is 37.3 Å². The molecule has 1 aliphatic carbocycles. The molecule has 142 valence electrons. The minimum absolute atomic E-state index is 0.106. The van der Waals surface area contributed by atoms with E-state index in [4.69, 9.17) is 4.74 Å². The van der Waals surface area contributed by atoms with Crippen molar-refractivity contribution in [3.63, 3.8) is 0 Å². The fourth-order valence-corrected chi connectivity index (χ4v) is 5.11. The molecule has 0 atom stereocenters. The number of fused-ring (bicyclic) bond motifs is 3. The summed E-state index contributed by atoms with van der Waals surface area (Å²) in [5.74, 6) is -0.353. The molecule has 1 aliphatic rings. The Kier molecular flexibility index (Phi) is 4.97. The number of benzene rings is 1. The summed E-state index contributed by atoms with van der Waals surface area (Å²) in [6, 6.07) is 6.44. The smallest absolute Gasteiger partial charge is 0.332 e. The third-order valence-corrected chi connectivity index (χ3v) is 6.44. The first-order chi connectivity index (χ1) is 13.1. The summed E-state index contributed by atoms with van der Waals surface area (Å²) in [5.41, 5.74) is 0.839. The van der Waals surface area contributed by atoms with Gasteiger partial charge in [0.1, 0.15) is 10.6 Å². The van der Waals surface area contributed by atoms with Crippen LogP contribution in [0.25, 0.3) is 10.2 Å². The zero-order chi connectivity index (χ0) is 19.0. The lowest BCUT2D eigenvalue weighted by Gasteiger charge is -2.13. The predicted octanol–water partition coefficient (Wildman–Crippen LogP) is 2.94. The van der Waals surface area contributed by atoms with Crippen LogP contribution in [-0.2, 0) is 30.7 Å². The molecule has 2 aromatic heterocycles. The van der Waals surface area contributed by atoms with Crippen LogP contribution in [0.2, 0.25) is 0 Å². The van der Waals surface area contributed by atoms with Crippen molar-refractivity contribution in [1.29, 1.82) is 0 Å². The van der Waals surface area contributed by atoms with Gasteiger partial charge in [0, 0.05) is 17.6 Å². The third-order valence-electron chi connectivity index (χ3n) is 5.12. The second-order valence-corrected chi connectivity index (χ2v) is 7.88. The zero-order valence-electron chi connectivity index (χ0n) is 15.2. The van der Waals surface area contributed by atoms with Crippen LogP contribution >= 0.6 is 11.3 Å². The van der Waals surface area contributed by atoms with Crippen LogP contribution in [0.15, 0.2) is 33.9 Å². The van der Waals surface area contributed by atoms with Gasteiger partial charge in [-0.15, -0.1) is 11.3 Å². The molecule has 3 aromatic rings. The summed E-state index contributed by atoms with van der Waals surface area (Å²) < 4.78 is 22.1. The summed E-state index contributed by atoms with van der Waals surface area (Å²) in [5, 5.41) is 0.627. The first-order valence-corrected chi connectivity index (χ1v) is 9.93. The van der Waals surface area contributed by atoms with Gasteiger partial charge >= 0.3 is 5.69 Å². The van der Waals surface area contributed by atoms with E-state index in [0.717, 1.165) is 31.2 Å². The van der Waals surface area contributed by atoms with E-state index in [1.54, 1.807) is 22.8 Å². The van der Waals surface area contributed by atoms with Crippen molar-refractivity contribution >= 4 is 21.6 Å². The van der Waals surface area contributed by atoms with Gasteiger partial charge in [0.05, 0.1) is 25.1 Å². The molecular weight excluding hydrogens is 367 g/mol. The number of rotatable bonds is 5. The quantitative estimate of drug-likeness (QED) is 0.675. The van der Waals surface area contributed by atoms with E-state index in [2.05, 4.69) is 0 Å². The summed E-state index contributed by atoms with van der Waals surface area (Å²) in [6.07, 6.45) is 3.92. The maximum absolute atomic E-state index is 14.2. The molecule has 0 radical (unpaired) electrons. The molecule has 0 saturated carbocycles. The van der Waals surface area contributed by atoms with Crippen molar-refractivity contribution in [2.24, 2.45) is 0 Å². The number of aromatic nitrogens is 2. The molecule has 0 spiro atoms. The van der Waals surface area contributed by atoms with Crippen molar-refractivity contribution in [3.05, 3.63) is 66.9 Å². The van der Waals surface area contributed by atoms with Crippen molar-refractivity contribution < 1.29 is 9.13 Å². The highest BCUT2D eigenvalue weighted by atomic mass is 32.1. The topological polar surface area (TPSA) is 53.2 Å². The Morgan fingerprint density at radius 2 is 1.93 bits per heavy atom. The SMILES string of the molecule is COCCn1c(=O)c2c3c(sc2n(Cc2ccccc2F)c1=O)CCCC3. The predicted molar refractivity (Wildman–Crippen MR) is 104 cm³/mol. The maximum atomic E-state index is 14.2. The second kappa shape index (κ2) is 7.40. The highest BCUT2D eigenvalue weighted by Gasteiger charge is 2.23. The van der Waals surface area contributed by atoms with Gasteiger partial charge in [-0.1, -0.05) is 18.2 Å². The van der Waals surface area contributed by atoms with Crippen LogP contribution in [0.4, 0.5) is 4.39 Å². The molecule has 27 heavy (non-hydrogen) atoms. The van der Waals surface area contributed by atoms with E-state index in [1.165, 1.54) is 34.0 Å². The highest BCUT2D eigenvalue weighted by molar-refractivity contribution is 7.18. The summed E-state index contributed by atoms with van der Waals surface area (Å²) in [7, 11) is 1.54. The number of nitrogens with zero attached hydrogens (tertiary/aromatic N) is 2. The lowest BCUT2D eigenvalue weighted by atomic mass is 9.97. The molecular formula is C20H21FN2O3S. The number of methoxy groups -OCH3 is 1. The molecule has 0 unspecified atom stereocenters. The molecule has 0 fully saturated rings. The lowest BCUT2D eigenvalue weighted by molar-refractivity contribution is 0.184. The van der Waals surface area contributed by atoms with E-state index < -0.39 is 5.69 Å². The van der Waals surface area contributed by atoms with E-state index in [0.29, 0.717) is 15.8 Å². The molecule has 7 heteroatoms. The monoisotopic (exact) mass is 388 g/mol. The average molecular weight is 388 g/mol. The minimum Gasteiger partial charge on any atom is -0.383 e. The number of hydrogen-bond donors (Lipinski definition) is 0. The van der Waals surface area contributed by atoms with E-state index >= 15 is 0 Å². The molecule has 0 N–H and O–H groups in total. The highest BCUT2D eigenvalue weighted by Crippen LogP contribution is 2.34. The number of thiophene rings is 1. The zero-order valence-corrected chi connectivity index (χ0v) is 16.0. The molecule has 0 saturated heterocycles. The van der Waals surface area contributed by atoms with Gasteiger partial charge in [-0.3, -0.25) is 13.9 Å². The van der Waals surface area contributed by atoms with Crippen LogP contribution in [0.5, 0.6) is 0 Å². The molecule has 5 nitrogen and oxygen atoms in total. The Hall–Kier alpha value is -2.25. The summed E-state index contributed by atoms with van der Waals surface area (Å²) >= 11 is 1.51. The molecule has 2 heterocycles. The number of halogens is 1. The normalized spacial score (nSPS) is 13.9. The molecule has 0 amide bonds. The van der Waals surface area contributed by atoms with E-state index in [-0.39, 0.29) is 31.1 Å². The van der Waals surface area contributed by atoms with E-state index in [1.807, 2.05) is 0 Å². The largest absolute Gasteiger partial charge is 0.383 e. The van der Waals surface area contributed by atoms with Gasteiger partial charge < -0.3 is 4.74 Å². The Labute approximate surface area is 159 Å². The molecule has 0 bridgehead atoms. The van der Waals surface area contributed by atoms with Crippen molar-refractivity contribution in [2.75, 3.05) is 13.7 Å². The van der Waals surface area contributed by atoms with Crippen LogP contribution in [0.3, 0.4) is 0 Å². The van der Waals surface area contributed by atoms with Crippen LogP contribution in [0.1, 0.15) is 28.8 Å². The Morgan fingerprint density at radius 3 is 2.70 bits per heavy atom. The van der Waals surface area contributed by atoms with Crippen molar-refractivity contribution in [1.82, 2.24) is 9.13 Å². The Bertz CT molecular complexity index is 1110. The maximum Gasteiger partial charge on any atom is 0.332 e. The first-order valence-electron chi connectivity index (χ1n) is 9.12. The van der Waals surface area contributed by atoms with Crippen molar-refractivity contribution in [3.8, 4) is 0 Å². The minimum atomic E-state index is -0.411. The summed E-state index contributed by atoms with van der Waals surface area (Å²) in [6.45, 7) is 0.563. The van der Waals surface area contributed by atoms with Gasteiger partial charge in [0.2, 0.25) is 0 Å². The number of ether oxygens (including phenoxy) is 1. The standard InChI is InChI=1S/C20H21FN2O3S/c1-26-11-10-22-18(24)17-14-7-3-5-9-16(14)27-19(17)23(20(22)25)12-13-6-2-4-8-15(13)21/h2,4,6,8H,3,5,7,9-12H2,1H3.